The van der Waals surface area contributed by atoms with Gasteiger partial charge in [-0.05, 0) is 59.0 Å². The lowest BCUT2D eigenvalue weighted by atomic mass is 10.2. The number of hydrogen-bond donors (Lipinski definition) is 0. The van der Waals surface area contributed by atoms with Crippen molar-refractivity contribution in [3.63, 3.8) is 0 Å². The van der Waals surface area contributed by atoms with E-state index in [9.17, 15) is 4.79 Å². The largest absolute Gasteiger partial charge is 0.411 e. The van der Waals surface area contributed by atoms with E-state index in [-0.39, 0.29) is 10.3 Å². The Bertz CT molecular complexity index is 820. The van der Waals surface area contributed by atoms with Crippen LogP contribution in [0.2, 0.25) is 5.02 Å². The van der Waals surface area contributed by atoms with Crippen LogP contribution in [0.3, 0.4) is 0 Å². The first-order valence-electron chi connectivity index (χ1n) is 6.19. The van der Waals surface area contributed by atoms with Crippen molar-refractivity contribution in [2.24, 2.45) is 0 Å². The molecule has 3 rings (SSSR count). The van der Waals surface area contributed by atoms with Gasteiger partial charge in [0.05, 0.1) is 10.6 Å². The molecule has 0 amide bonds. The molecule has 22 heavy (non-hydrogen) atoms. The molecule has 110 valence electrons. The molecule has 2 aromatic carbocycles. The smallest absolute Gasteiger partial charge is 0.284 e. The van der Waals surface area contributed by atoms with Crippen molar-refractivity contribution in [1.82, 2.24) is 10.2 Å². The molecule has 3 aromatic rings. The molecule has 0 fully saturated rings. The van der Waals surface area contributed by atoms with Gasteiger partial charge in [-0.15, -0.1) is 10.2 Å². The zero-order valence-electron chi connectivity index (χ0n) is 11.0. The van der Waals surface area contributed by atoms with Gasteiger partial charge in [-0.1, -0.05) is 23.7 Å². The third kappa shape index (κ3) is 3.50. The highest BCUT2D eigenvalue weighted by Gasteiger charge is 2.16. The summed E-state index contributed by atoms with van der Waals surface area (Å²) in [4.78, 5) is 12.1. The van der Waals surface area contributed by atoms with Gasteiger partial charge in [0, 0.05) is 20.9 Å². The van der Waals surface area contributed by atoms with Gasteiger partial charge in [0.15, 0.2) is 0 Å². The lowest BCUT2D eigenvalue weighted by Crippen LogP contribution is -1.92. The number of aromatic nitrogens is 2. The highest BCUT2D eigenvalue weighted by atomic mass is 127. The lowest BCUT2D eigenvalue weighted by Gasteiger charge is -1.98. The van der Waals surface area contributed by atoms with Crippen molar-refractivity contribution in [2.75, 3.05) is 0 Å². The first-order valence-corrected chi connectivity index (χ1v) is 8.47. The van der Waals surface area contributed by atoms with Crippen molar-refractivity contribution in [3.8, 4) is 11.5 Å². The number of carbonyl (C=O) groups excluding carboxylic acids is 1. The third-order valence-corrected chi connectivity index (χ3v) is 4.58. The quantitative estimate of drug-likeness (QED) is 0.425. The molecule has 0 unspecified atom stereocenters. The second-order valence-electron chi connectivity index (χ2n) is 4.25. The molecule has 0 spiro atoms. The Morgan fingerprint density at radius 3 is 2.55 bits per heavy atom. The number of halogens is 2. The molecule has 0 saturated carbocycles. The van der Waals surface area contributed by atoms with E-state index < -0.39 is 0 Å². The lowest BCUT2D eigenvalue weighted by molar-refractivity contribution is 0.108. The highest BCUT2D eigenvalue weighted by molar-refractivity contribution is 14.1. The summed E-state index contributed by atoms with van der Waals surface area (Å²) >= 11 is 9.17. The van der Waals surface area contributed by atoms with Crippen molar-refractivity contribution < 1.29 is 9.21 Å². The van der Waals surface area contributed by atoms with Crippen molar-refractivity contribution >= 4 is 51.1 Å². The summed E-state index contributed by atoms with van der Waals surface area (Å²) in [5.41, 5.74) is 1.23. The minimum atomic E-state index is -0.147. The monoisotopic (exact) mass is 442 g/mol. The van der Waals surface area contributed by atoms with E-state index in [1.54, 1.807) is 24.3 Å². The second-order valence-corrected chi connectivity index (χ2v) is 6.83. The average molecular weight is 443 g/mol. The number of nitrogens with zero attached hydrogens (tertiary/aromatic N) is 2. The zero-order chi connectivity index (χ0) is 15.5. The molecule has 0 bridgehead atoms. The van der Waals surface area contributed by atoms with Crippen LogP contribution in [0.15, 0.2) is 58.2 Å². The van der Waals surface area contributed by atoms with E-state index in [1.165, 1.54) is 0 Å². The predicted octanol–water partition coefficient (Wildman–Crippen LogP) is 4.93. The van der Waals surface area contributed by atoms with E-state index >= 15 is 0 Å². The van der Waals surface area contributed by atoms with Crippen LogP contribution in [0.4, 0.5) is 0 Å². The Morgan fingerprint density at radius 1 is 1.09 bits per heavy atom. The van der Waals surface area contributed by atoms with Crippen LogP contribution < -0.4 is 0 Å². The van der Waals surface area contributed by atoms with E-state index in [0.717, 1.165) is 15.3 Å². The number of rotatable bonds is 3. The predicted molar refractivity (Wildman–Crippen MR) is 94.1 cm³/mol. The number of hydrogen-bond acceptors (Lipinski definition) is 5. The van der Waals surface area contributed by atoms with Gasteiger partial charge < -0.3 is 4.42 Å². The molecule has 0 aliphatic heterocycles. The van der Waals surface area contributed by atoms with E-state index in [1.807, 2.05) is 24.3 Å². The van der Waals surface area contributed by atoms with Crippen LogP contribution in [0.1, 0.15) is 10.4 Å². The Morgan fingerprint density at radius 2 is 1.82 bits per heavy atom. The summed E-state index contributed by atoms with van der Waals surface area (Å²) in [5.74, 6) is 0.295. The molecular formula is C15H8ClIN2O2S. The first-order chi connectivity index (χ1) is 10.6. The molecular weight excluding hydrogens is 435 g/mol. The maximum atomic E-state index is 12.1. The Kier molecular flexibility index (Phi) is 4.80. The highest BCUT2D eigenvalue weighted by Crippen LogP contribution is 2.29. The van der Waals surface area contributed by atoms with Crippen molar-refractivity contribution in [1.29, 1.82) is 0 Å². The molecule has 0 atom stereocenters. The summed E-state index contributed by atoms with van der Waals surface area (Å²) in [5, 5.41) is 8.38. The number of benzene rings is 2. The Hall–Kier alpha value is -1.38. The summed E-state index contributed by atoms with van der Waals surface area (Å²) in [6.07, 6.45) is 0. The van der Waals surface area contributed by atoms with Crippen LogP contribution in [0.25, 0.3) is 11.5 Å². The fraction of sp³-hybridized carbons (Fsp3) is 0. The van der Waals surface area contributed by atoms with Gasteiger partial charge in [-0.25, -0.2) is 0 Å². The topological polar surface area (TPSA) is 56.0 Å². The first kappa shape index (κ1) is 15.5. The molecule has 0 N–H and O–H groups in total. The average Bonchev–Trinajstić information content (AvgIpc) is 2.96. The van der Waals surface area contributed by atoms with Crippen LogP contribution in [-0.4, -0.2) is 15.3 Å². The fourth-order valence-electron chi connectivity index (χ4n) is 1.72. The minimum Gasteiger partial charge on any atom is -0.411 e. The van der Waals surface area contributed by atoms with Crippen LogP contribution in [-0.2, 0) is 0 Å². The molecule has 0 aliphatic carbocycles. The van der Waals surface area contributed by atoms with Gasteiger partial charge in [-0.3, -0.25) is 4.79 Å². The minimum absolute atomic E-state index is 0.147. The van der Waals surface area contributed by atoms with Gasteiger partial charge >= 0.3 is 0 Å². The summed E-state index contributed by atoms with van der Waals surface area (Å²) < 4.78 is 6.57. The molecule has 0 aliphatic rings. The molecule has 1 aromatic heterocycles. The molecule has 0 radical (unpaired) electrons. The van der Waals surface area contributed by atoms with Crippen molar-refractivity contribution in [2.45, 2.75) is 5.22 Å². The molecule has 0 saturated heterocycles. The van der Waals surface area contributed by atoms with E-state index in [2.05, 4.69) is 32.8 Å². The molecule has 7 heteroatoms. The van der Waals surface area contributed by atoms with Gasteiger partial charge in [-0.2, -0.15) is 0 Å². The normalized spacial score (nSPS) is 10.6. The Labute approximate surface area is 149 Å². The fourth-order valence-corrected chi connectivity index (χ4v) is 2.91. The Balaban J connectivity index is 1.78. The van der Waals surface area contributed by atoms with Crippen LogP contribution >= 0.6 is 46.0 Å². The van der Waals surface area contributed by atoms with E-state index in [0.29, 0.717) is 22.0 Å². The molecule has 1 heterocycles. The molecule has 4 nitrogen and oxygen atoms in total. The maximum absolute atomic E-state index is 12.1. The summed E-state index contributed by atoms with van der Waals surface area (Å²) in [7, 11) is 0. The summed E-state index contributed by atoms with van der Waals surface area (Å²) in [6, 6.07) is 14.4. The maximum Gasteiger partial charge on any atom is 0.284 e. The zero-order valence-corrected chi connectivity index (χ0v) is 14.7. The standard InChI is InChI=1S/C15H8ClIN2O2S/c16-12-4-2-1-3-11(12)13-18-19-15(21-13)22-14(20)9-5-7-10(17)8-6-9/h1-8H. The number of carbonyl (C=O) groups is 1. The SMILES string of the molecule is O=C(Sc1nnc(-c2ccccc2Cl)o1)c1ccc(I)cc1. The third-order valence-electron chi connectivity index (χ3n) is 2.77. The van der Waals surface area contributed by atoms with Gasteiger partial charge in [0.1, 0.15) is 0 Å². The second kappa shape index (κ2) is 6.80. The van der Waals surface area contributed by atoms with Gasteiger partial charge in [0.25, 0.3) is 5.22 Å². The number of thioether (sulfide) groups is 1. The van der Waals surface area contributed by atoms with Crippen LogP contribution in [0, 0.1) is 3.57 Å². The van der Waals surface area contributed by atoms with Gasteiger partial charge in [0.2, 0.25) is 11.0 Å². The summed E-state index contributed by atoms with van der Waals surface area (Å²) in [6.45, 7) is 0. The van der Waals surface area contributed by atoms with Crippen molar-refractivity contribution in [3.05, 3.63) is 62.7 Å². The van der Waals surface area contributed by atoms with E-state index in [4.69, 9.17) is 16.0 Å². The van der Waals surface area contributed by atoms with Crippen LogP contribution in [0.5, 0.6) is 0 Å².